The average Bonchev–Trinajstić information content (AvgIpc) is 2.47. The first-order valence-electron chi connectivity index (χ1n) is 8.44. The quantitative estimate of drug-likeness (QED) is 0.897. The zero-order valence-electron chi connectivity index (χ0n) is 14.2. The van der Waals surface area contributed by atoms with Gasteiger partial charge < -0.3 is 10.6 Å². The molecule has 0 heterocycles. The van der Waals surface area contributed by atoms with Crippen molar-refractivity contribution >= 4 is 0 Å². The van der Waals surface area contributed by atoms with E-state index < -0.39 is 0 Å². The highest BCUT2D eigenvalue weighted by molar-refractivity contribution is 5.29. The van der Waals surface area contributed by atoms with E-state index in [1.807, 2.05) is 0 Å². The van der Waals surface area contributed by atoms with Crippen LogP contribution in [0, 0.1) is 0 Å². The Kier molecular flexibility index (Phi) is 5.45. The number of nitrogens with two attached hydrogens (primary N) is 1. The SMILES string of the molecule is CN(CC(N)c1ccc(C(C)(C)C)cc1)C1CCCCC1. The van der Waals surface area contributed by atoms with Gasteiger partial charge in [-0.15, -0.1) is 0 Å². The summed E-state index contributed by atoms with van der Waals surface area (Å²) in [6.07, 6.45) is 6.85. The Morgan fingerprint density at radius 3 is 2.19 bits per heavy atom. The molecule has 118 valence electrons. The predicted molar refractivity (Wildman–Crippen MR) is 91.6 cm³/mol. The smallest absolute Gasteiger partial charge is 0.0424 e. The van der Waals surface area contributed by atoms with Crippen LogP contribution in [-0.4, -0.2) is 24.5 Å². The van der Waals surface area contributed by atoms with Gasteiger partial charge in [0.15, 0.2) is 0 Å². The summed E-state index contributed by atoms with van der Waals surface area (Å²) in [5, 5.41) is 0. The van der Waals surface area contributed by atoms with Gasteiger partial charge in [0.1, 0.15) is 0 Å². The van der Waals surface area contributed by atoms with Crippen molar-refractivity contribution in [2.75, 3.05) is 13.6 Å². The fourth-order valence-electron chi connectivity index (χ4n) is 3.32. The molecule has 1 unspecified atom stereocenters. The van der Waals surface area contributed by atoms with E-state index in [0.29, 0.717) is 0 Å². The lowest BCUT2D eigenvalue weighted by Gasteiger charge is -2.33. The summed E-state index contributed by atoms with van der Waals surface area (Å²) in [6, 6.07) is 9.73. The van der Waals surface area contributed by atoms with Crippen molar-refractivity contribution in [1.29, 1.82) is 0 Å². The van der Waals surface area contributed by atoms with E-state index in [1.165, 1.54) is 43.2 Å². The molecule has 21 heavy (non-hydrogen) atoms. The van der Waals surface area contributed by atoms with Crippen molar-refractivity contribution < 1.29 is 0 Å². The van der Waals surface area contributed by atoms with Gasteiger partial charge in [-0.25, -0.2) is 0 Å². The summed E-state index contributed by atoms with van der Waals surface area (Å²) in [6.45, 7) is 7.70. The molecule has 2 heteroatoms. The molecule has 0 bridgehead atoms. The minimum Gasteiger partial charge on any atom is -0.323 e. The maximum absolute atomic E-state index is 6.42. The third-order valence-corrected chi connectivity index (χ3v) is 4.89. The van der Waals surface area contributed by atoms with Crippen molar-refractivity contribution in [1.82, 2.24) is 4.90 Å². The second-order valence-electron chi connectivity index (χ2n) is 7.71. The Balaban J connectivity index is 1.94. The third kappa shape index (κ3) is 4.55. The van der Waals surface area contributed by atoms with Crippen LogP contribution in [0.1, 0.15) is 70.0 Å². The van der Waals surface area contributed by atoms with Gasteiger partial charge in [0, 0.05) is 18.6 Å². The van der Waals surface area contributed by atoms with Crippen LogP contribution in [0.4, 0.5) is 0 Å². The highest BCUT2D eigenvalue weighted by Crippen LogP contribution is 2.25. The number of likely N-dealkylation sites (N-methyl/N-ethyl adjacent to an activating group) is 1. The lowest BCUT2D eigenvalue weighted by molar-refractivity contribution is 0.182. The van der Waals surface area contributed by atoms with Crippen LogP contribution < -0.4 is 5.73 Å². The van der Waals surface area contributed by atoms with Gasteiger partial charge in [-0.05, 0) is 36.4 Å². The molecule has 1 aliphatic carbocycles. The van der Waals surface area contributed by atoms with Gasteiger partial charge in [-0.2, -0.15) is 0 Å². The van der Waals surface area contributed by atoms with Crippen LogP contribution in [0.3, 0.4) is 0 Å². The first kappa shape index (κ1) is 16.5. The van der Waals surface area contributed by atoms with Crippen molar-refractivity contribution in [2.24, 2.45) is 5.73 Å². The minimum atomic E-state index is 0.117. The molecule has 0 radical (unpaired) electrons. The summed E-state index contributed by atoms with van der Waals surface area (Å²) in [5.74, 6) is 0. The Morgan fingerprint density at radius 1 is 1.10 bits per heavy atom. The molecule has 1 aromatic rings. The van der Waals surface area contributed by atoms with Gasteiger partial charge >= 0.3 is 0 Å². The molecule has 1 aromatic carbocycles. The lowest BCUT2D eigenvalue weighted by Crippen LogP contribution is -2.38. The molecule has 2 rings (SSSR count). The average molecular weight is 288 g/mol. The Hall–Kier alpha value is -0.860. The molecular weight excluding hydrogens is 256 g/mol. The molecular formula is C19H32N2. The third-order valence-electron chi connectivity index (χ3n) is 4.89. The van der Waals surface area contributed by atoms with E-state index in [4.69, 9.17) is 5.73 Å². The number of hydrogen-bond acceptors (Lipinski definition) is 2. The summed E-state index contributed by atoms with van der Waals surface area (Å²) in [5.41, 5.74) is 9.26. The van der Waals surface area contributed by atoms with Crippen LogP contribution in [0.2, 0.25) is 0 Å². The maximum Gasteiger partial charge on any atom is 0.0424 e. The molecule has 0 amide bonds. The Morgan fingerprint density at radius 2 is 1.67 bits per heavy atom. The maximum atomic E-state index is 6.42. The van der Waals surface area contributed by atoms with Crippen LogP contribution in [0.5, 0.6) is 0 Å². The fourth-order valence-corrected chi connectivity index (χ4v) is 3.32. The zero-order valence-corrected chi connectivity index (χ0v) is 14.2. The summed E-state index contributed by atoms with van der Waals surface area (Å²) in [4.78, 5) is 2.47. The highest BCUT2D eigenvalue weighted by atomic mass is 15.1. The minimum absolute atomic E-state index is 0.117. The zero-order chi connectivity index (χ0) is 15.5. The number of benzene rings is 1. The Labute approximate surface area is 130 Å². The second-order valence-corrected chi connectivity index (χ2v) is 7.71. The number of hydrogen-bond donors (Lipinski definition) is 1. The predicted octanol–water partition coefficient (Wildman–Crippen LogP) is 4.25. The van der Waals surface area contributed by atoms with Crippen molar-refractivity contribution in [3.05, 3.63) is 35.4 Å². The van der Waals surface area contributed by atoms with Gasteiger partial charge in [0.25, 0.3) is 0 Å². The van der Waals surface area contributed by atoms with E-state index in [9.17, 15) is 0 Å². The lowest BCUT2D eigenvalue weighted by atomic mass is 9.86. The summed E-state index contributed by atoms with van der Waals surface area (Å²) < 4.78 is 0. The first-order valence-corrected chi connectivity index (χ1v) is 8.44. The molecule has 1 fully saturated rings. The molecule has 2 nitrogen and oxygen atoms in total. The van der Waals surface area contributed by atoms with Crippen molar-refractivity contribution in [3.63, 3.8) is 0 Å². The second kappa shape index (κ2) is 6.93. The number of nitrogens with zero attached hydrogens (tertiary/aromatic N) is 1. The molecule has 1 saturated carbocycles. The molecule has 0 spiro atoms. The van der Waals surface area contributed by atoms with E-state index in [2.05, 4.69) is 57.0 Å². The van der Waals surface area contributed by atoms with Crippen LogP contribution >= 0.6 is 0 Å². The van der Waals surface area contributed by atoms with E-state index in [0.717, 1.165) is 12.6 Å². The van der Waals surface area contributed by atoms with Crippen molar-refractivity contribution in [3.8, 4) is 0 Å². The van der Waals surface area contributed by atoms with E-state index in [1.54, 1.807) is 0 Å². The van der Waals surface area contributed by atoms with Gasteiger partial charge in [0.05, 0.1) is 0 Å². The topological polar surface area (TPSA) is 29.3 Å². The Bertz CT molecular complexity index is 424. The number of rotatable bonds is 4. The van der Waals surface area contributed by atoms with Gasteiger partial charge in [0.2, 0.25) is 0 Å². The summed E-state index contributed by atoms with van der Waals surface area (Å²) >= 11 is 0. The molecule has 0 saturated heterocycles. The van der Waals surface area contributed by atoms with Crippen LogP contribution in [0.25, 0.3) is 0 Å². The van der Waals surface area contributed by atoms with Gasteiger partial charge in [-0.3, -0.25) is 0 Å². The monoisotopic (exact) mass is 288 g/mol. The normalized spacial score (nSPS) is 19.0. The molecule has 1 atom stereocenters. The van der Waals surface area contributed by atoms with Crippen molar-refractivity contribution in [2.45, 2.75) is 70.4 Å². The standard InChI is InChI=1S/C19H32N2/c1-19(2,3)16-12-10-15(11-13-16)18(20)14-21(4)17-8-6-5-7-9-17/h10-13,17-18H,5-9,14,20H2,1-4H3. The molecule has 0 aromatic heterocycles. The molecule has 0 aliphatic heterocycles. The van der Waals surface area contributed by atoms with E-state index in [-0.39, 0.29) is 11.5 Å². The van der Waals surface area contributed by atoms with E-state index >= 15 is 0 Å². The first-order chi connectivity index (χ1) is 9.88. The fraction of sp³-hybridized carbons (Fsp3) is 0.684. The molecule has 2 N–H and O–H groups in total. The highest BCUT2D eigenvalue weighted by Gasteiger charge is 2.20. The van der Waals surface area contributed by atoms with Gasteiger partial charge in [-0.1, -0.05) is 64.3 Å². The van der Waals surface area contributed by atoms with Crippen LogP contribution in [0.15, 0.2) is 24.3 Å². The summed E-state index contributed by atoms with van der Waals surface area (Å²) in [7, 11) is 2.24. The largest absolute Gasteiger partial charge is 0.323 e. The molecule has 1 aliphatic rings. The van der Waals surface area contributed by atoms with Crippen LogP contribution in [-0.2, 0) is 5.41 Å².